The Labute approximate surface area is 58.5 Å². The lowest BCUT2D eigenvalue weighted by molar-refractivity contribution is 0.400. The normalized spacial score (nSPS) is 9.56. The molecular formula is C6H9NOS. The topological polar surface area (TPSA) is 22.1 Å². The minimum atomic E-state index is 0.733. The molecule has 0 bridgehead atoms. The fourth-order valence-electron chi connectivity index (χ4n) is 0.550. The van der Waals surface area contributed by atoms with Crippen LogP contribution in [0.1, 0.15) is 11.9 Å². The van der Waals surface area contributed by atoms with Crippen LogP contribution in [0, 0.1) is 0 Å². The number of hydrogen-bond donors (Lipinski definition) is 0. The standard InChI is InChI=1S/C6H9NOS/c1-3-6-7-5(8-2)4-9-6/h4H,3H2,1-2H3. The maximum absolute atomic E-state index is 4.90. The van der Waals surface area contributed by atoms with E-state index in [0.29, 0.717) is 0 Å². The Kier molecular flexibility index (Phi) is 2.05. The fraction of sp³-hybridized carbons (Fsp3) is 0.500. The van der Waals surface area contributed by atoms with E-state index in [1.165, 1.54) is 0 Å². The summed E-state index contributed by atoms with van der Waals surface area (Å²) in [6, 6.07) is 0. The van der Waals surface area contributed by atoms with Crippen LogP contribution in [0.15, 0.2) is 5.38 Å². The zero-order valence-electron chi connectivity index (χ0n) is 5.55. The molecule has 0 spiro atoms. The number of nitrogens with zero attached hydrogens (tertiary/aromatic N) is 1. The molecule has 0 saturated carbocycles. The van der Waals surface area contributed by atoms with E-state index in [4.69, 9.17) is 4.74 Å². The molecule has 0 aliphatic heterocycles. The number of aromatic nitrogens is 1. The fourth-order valence-corrected chi connectivity index (χ4v) is 1.25. The Balaban J connectivity index is 2.74. The van der Waals surface area contributed by atoms with Crippen molar-refractivity contribution in [3.8, 4) is 5.88 Å². The molecule has 0 aliphatic carbocycles. The first kappa shape index (κ1) is 6.55. The third-order valence-corrected chi connectivity index (χ3v) is 2.01. The van der Waals surface area contributed by atoms with Gasteiger partial charge in [-0.2, -0.15) is 0 Å². The van der Waals surface area contributed by atoms with Gasteiger partial charge in [-0.1, -0.05) is 6.92 Å². The minimum Gasteiger partial charge on any atom is -0.480 e. The summed E-state index contributed by atoms with van der Waals surface area (Å²) in [6.45, 7) is 2.08. The largest absolute Gasteiger partial charge is 0.480 e. The zero-order chi connectivity index (χ0) is 6.69. The molecule has 2 nitrogen and oxygen atoms in total. The maximum Gasteiger partial charge on any atom is 0.224 e. The van der Waals surface area contributed by atoms with E-state index in [1.54, 1.807) is 18.4 Å². The third-order valence-electron chi connectivity index (χ3n) is 1.04. The average Bonchev–Trinajstić information content (AvgIpc) is 2.34. The zero-order valence-corrected chi connectivity index (χ0v) is 6.36. The van der Waals surface area contributed by atoms with Gasteiger partial charge in [0, 0.05) is 0 Å². The highest BCUT2D eigenvalue weighted by Gasteiger charge is 1.96. The van der Waals surface area contributed by atoms with E-state index in [-0.39, 0.29) is 0 Å². The van der Waals surface area contributed by atoms with Gasteiger partial charge in [0.2, 0.25) is 5.88 Å². The molecule has 9 heavy (non-hydrogen) atoms. The highest BCUT2D eigenvalue weighted by atomic mass is 32.1. The molecule has 0 aromatic carbocycles. The lowest BCUT2D eigenvalue weighted by atomic mass is 10.5. The monoisotopic (exact) mass is 143 g/mol. The van der Waals surface area contributed by atoms with Crippen molar-refractivity contribution >= 4 is 11.3 Å². The van der Waals surface area contributed by atoms with Crippen LogP contribution < -0.4 is 4.74 Å². The molecule has 0 N–H and O–H groups in total. The van der Waals surface area contributed by atoms with E-state index in [2.05, 4.69) is 11.9 Å². The van der Waals surface area contributed by atoms with Crippen LogP contribution in [0.3, 0.4) is 0 Å². The van der Waals surface area contributed by atoms with Gasteiger partial charge >= 0.3 is 0 Å². The summed E-state index contributed by atoms with van der Waals surface area (Å²) in [5.41, 5.74) is 0. The van der Waals surface area contributed by atoms with Crippen molar-refractivity contribution in [2.75, 3.05) is 7.11 Å². The molecule has 0 amide bonds. The number of ether oxygens (including phenoxy) is 1. The molecule has 0 aliphatic rings. The smallest absolute Gasteiger partial charge is 0.224 e. The molecular weight excluding hydrogens is 134 g/mol. The van der Waals surface area contributed by atoms with Crippen LogP contribution in [0.4, 0.5) is 0 Å². The second-order valence-corrected chi connectivity index (χ2v) is 2.58. The van der Waals surface area contributed by atoms with Gasteiger partial charge in [0.15, 0.2) is 0 Å². The average molecular weight is 143 g/mol. The second-order valence-electron chi connectivity index (χ2n) is 1.64. The van der Waals surface area contributed by atoms with Crippen molar-refractivity contribution in [3.05, 3.63) is 10.4 Å². The molecule has 0 fully saturated rings. The van der Waals surface area contributed by atoms with Crippen molar-refractivity contribution < 1.29 is 4.74 Å². The highest BCUT2D eigenvalue weighted by molar-refractivity contribution is 7.09. The Bertz CT molecular complexity index is 166. The molecule has 50 valence electrons. The molecule has 0 saturated heterocycles. The molecule has 3 heteroatoms. The van der Waals surface area contributed by atoms with Gasteiger partial charge in [-0.25, -0.2) is 4.98 Å². The van der Waals surface area contributed by atoms with Gasteiger partial charge in [-0.3, -0.25) is 0 Å². The minimum absolute atomic E-state index is 0.733. The number of methoxy groups -OCH3 is 1. The first-order valence-corrected chi connectivity index (χ1v) is 3.73. The lowest BCUT2D eigenvalue weighted by Crippen LogP contribution is -1.82. The van der Waals surface area contributed by atoms with E-state index >= 15 is 0 Å². The second kappa shape index (κ2) is 2.82. The number of rotatable bonds is 2. The maximum atomic E-state index is 4.90. The van der Waals surface area contributed by atoms with E-state index in [9.17, 15) is 0 Å². The number of hydrogen-bond acceptors (Lipinski definition) is 3. The van der Waals surface area contributed by atoms with E-state index in [1.807, 2.05) is 5.38 Å². The molecule has 1 heterocycles. The summed E-state index contributed by atoms with van der Waals surface area (Å²) >= 11 is 1.64. The number of aryl methyl sites for hydroxylation is 1. The quantitative estimate of drug-likeness (QED) is 0.628. The van der Waals surface area contributed by atoms with Crippen LogP contribution in [-0.2, 0) is 6.42 Å². The summed E-state index contributed by atoms with van der Waals surface area (Å²) in [5, 5.41) is 3.05. The molecule has 0 unspecified atom stereocenters. The van der Waals surface area contributed by atoms with E-state index in [0.717, 1.165) is 17.3 Å². The molecule has 0 radical (unpaired) electrons. The van der Waals surface area contributed by atoms with Crippen LogP contribution in [-0.4, -0.2) is 12.1 Å². The van der Waals surface area contributed by atoms with E-state index < -0.39 is 0 Å². The van der Waals surface area contributed by atoms with Gasteiger partial charge in [-0.15, -0.1) is 11.3 Å². The predicted molar refractivity (Wildman–Crippen MR) is 38.0 cm³/mol. The highest BCUT2D eigenvalue weighted by Crippen LogP contribution is 2.15. The van der Waals surface area contributed by atoms with Crippen LogP contribution in [0.2, 0.25) is 0 Å². The Morgan fingerprint density at radius 1 is 1.78 bits per heavy atom. The van der Waals surface area contributed by atoms with Crippen molar-refractivity contribution in [2.24, 2.45) is 0 Å². The summed E-state index contributed by atoms with van der Waals surface area (Å²) in [6.07, 6.45) is 0.994. The molecule has 1 aromatic heterocycles. The summed E-state index contributed by atoms with van der Waals surface area (Å²) in [4.78, 5) is 4.14. The Morgan fingerprint density at radius 2 is 2.56 bits per heavy atom. The summed E-state index contributed by atoms with van der Waals surface area (Å²) in [7, 11) is 1.63. The van der Waals surface area contributed by atoms with Crippen molar-refractivity contribution in [1.82, 2.24) is 4.98 Å². The lowest BCUT2D eigenvalue weighted by Gasteiger charge is -1.87. The van der Waals surface area contributed by atoms with Gasteiger partial charge in [0.25, 0.3) is 0 Å². The Hall–Kier alpha value is -0.570. The SMILES string of the molecule is CCc1nc(OC)cs1. The third kappa shape index (κ3) is 1.42. The van der Waals surface area contributed by atoms with Crippen molar-refractivity contribution in [3.63, 3.8) is 0 Å². The number of thiazole rings is 1. The molecule has 1 aromatic rings. The molecule has 0 atom stereocenters. The van der Waals surface area contributed by atoms with Crippen LogP contribution in [0.25, 0.3) is 0 Å². The van der Waals surface area contributed by atoms with Gasteiger partial charge in [-0.05, 0) is 6.42 Å². The van der Waals surface area contributed by atoms with Crippen molar-refractivity contribution in [2.45, 2.75) is 13.3 Å². The van der Waals surface area contributed by atoms with Gasteiger partial charge < -0.3 is 4.74 Å². The predicted octanol–water partition coefficient (Wildman–Crippen LogP) is 1.71. The Morgan fingerprint density at radius 3 is 2.89 bits per heavy atom. The van der Waals surface area contributed by atoms with Gasteiger partial charge in [0.1, 0.15) is 0 Å². The van der Waals surface area contributed by atoms with Crippen molar-refractivity contribution in [1.29, 1.82) is 0 Å². The first-order chi connectivity index (χ1) is 4.36. The van der Waals surface area contributed by atoms with Crippen LogP contribution in [0.5, 0.6) is 5.88 Å². The summed E-state index contributed by atoms with van der Waals surface area (Å²) < 4.78 is 4.90. The van der Waals surface area contributed by atoms with Crippen LogP contribution >= 0.6 is 11.3 Å². The molecule has 1 rings (SSSR count). The first-order valence-electron chi connectivity index (χ1n) is 2.85. The van der Waals surface area contributed by atoms with Gasteiger partial charge in [0.05, 0.1) is 17.5 Å². The summed E-state index contributed by atoms with van der Waals surface area (Å²) in [5.74, 6) is 0.733.